The third-order valence-corrected chi connectivity index (χ3v) is 3.88. The first kappa shape index (κ1) is 19.0. The predicted octanol–water partition coefficient (Wildman–Crippen LogP) is 3.78. The molecule has 0 fully saturated rings. The van der Waals surface area contributed by atoms with Gasteiger partial charge in [0.05, 0.1) is 17.7 Å². The van der Waals surface area contributed by atoms with Crippen molar-refractivity contribution in [3.05, 3.63) is 46.7 Å². The lowest BCUT2D eigenvalue weighted by atomic mass is 9.82. The van der Waals surface area contributed by atoms with E-state index < -0.39 is 29.5 Å². The number of hydrogen-bond donors (Lipinski definition) is 1. The van der Waals surface area contributed by atoms with Crippen molar-refractivity contribution in [1.82, 2.24) is 5.32 Å². The normalized spacial score (nSPS) is 18.4. The summed E-state index contributed by atoms with van der Waals surface area (Å²) < 4.78 is 45.2. The topological polar surface area (TPSA) is 55.4 Å². The third kappa shape index (κ3) is 4.41. The molecule has 0 unspecified atom stereocenters. The maximum Gasteiger partial charge on any atom is 0.416 e. The van der Waals surface area contributed by atoms with Crippen LogP contribution >= 0.6 is 0 Å². The van der Waals surface area contributed by atoms with Crippen molar-refractivity contribution in [2.75, 3.05) is 6.61 Å². The Labute approximate surface area is 144 Å². The number of carbonyl (C=O) groups excluding carboxylic acids is 2. The molecule has 1 aliphatic rings. The number of amides is 1. The van der Waals surface area contributed by atoms with Crippen LogP contribution in [0.5, 0.6) is 0 Å². The number of rotatable bonds is 4. The van der Waals surface area contributed by atoms with Crippen LogP contribution in [-0.4, -0.2) is 18.5 Å². The molecule has 1 atom stereocenters. The van der Waals surface area contributed by atoms with Crippen LogP contribution in [0.25, 0.3) is 0 Å². The third-order valence-electron chi connectivity index (χ3n) is 3.88. The van der Waals surface area contributed by atoms with Crippen LogP contribution in [0.2, 0.25) is 0 Å². The number of esters is 1. The monoisotopic (exact) mass is 355 g/mol. The fourth-order valence-corrected chi connectivity index (χ4v) is 2.82. The van der Waals surface area contributed by atoms with Gasteiger partial charge in [-0.05, 0) is 24.5 Å². The highest BCUT2D eigenvalue weighted by atomic mass is 19.4. The molecule has 0 spiro atoms. The smallest absolute Gasteiger partial charge is 0.416 e. The molecule has 0 saturated heterocycles. The Kier molecular flexibility index (Phi) is 5.55. The molecule has 1 aromatic rings. The summed E-state index contributed by atoms with van der Waals surface area (Å²) in [6.07, 6.45) is -4.82. The number of alkyl halides is 3. The zero-order valence-electron chi connectivity index (χ0n) is 14.2. The van der Waals surface area contributed by atoms with Crippen LogP contribution < -0.4 is 5.32 Å². The van der Waals surface area contributed by atoms with Crippen molar-refractivity contribution >= 4 is 11.9 Å². The quantitative estimate of drug-likeness (QED) is 0.836. The van der Waals surface area contributed by atoms with Crippen molar-refractivity contribution in [3.63, 3.8) is 0 Å². The zero-order chi connectivity index (χ0) is 18.8. The summed E-state index contributed by atoms with van der Waals surface area (Å²) in [5.41, 5.74) is -0.652. The fraction of sp³-hybridized carbons (Fsp3) is 0.444. The van der Waals surface area contributed by atoms with E-state index in [1.54, 1.807) is 0 Å². The molecule has 136 valence electrons. The maximum absolute atomic E-state index is 13.3. The molecule has 0 aliphatic carbocycles. The van der Waals surface area contributed by atoms with E-state index in [4.69, 9.17) is 4.74 Å². The highest BCUT2D eigenvalue weighted by Crippen LogP contribution is 2.41. The molecule has 1 heterocycles. The van der Waals surface area contributed by atoms with Gasteiger partial charge in [0.1, 0.15) is 0 Å². The summed E-state index contributed by atoms with van der Waals surface area (Å²) in [5, 5.41) is 2.51. The standard InChI is InChI=1S/C18H20F3NO3/c1-10(2)9-25-17(24)16-11(3)22-15(23)8-13(16)12-6-4-5-7-14(12)18(19,20)21/h4-7,10,13H,8-9H2,1-3H3,(H,22,23)/t13-/m1/s1. The van der Waals surface area contributed by atoms with Gasteiger partial charge in [0.2, 0.25) is 5.91 Å². The maximum atomic E-state index is 13.3. The van der Waals surface area contributed by atoms with E-state index in [1.807, 2.05) is 13.8 Å². The van der Waals surface area contributed by atoms with Crippen molar-refractivity contribution in [1.29, 1.82) is 0 Å². The molecule has 1 N–H and O–H groups in total. The highest BCUT2D eigenvalue weighted by molar-refractivity contribution is 5.95. The van der Waals surface area contributed by atoms with Gasteiger partial charge in [-0.1, -0.05) is 32.0 Å². The van der Waals surface area contributed by atoms with Crippen LogP contribution in [0, 0.1) is 5.92 Å². The van der Waals surface area contributed by atoms with Gasteiger partial charge in [-0.3, -0.25) is 4.79 Å². The van der Waals surface area contributed by atoms with Crippen LogP contribution in [-0.2, 0) is 20.5 Å². The molecule has 1 aliphatic heterocycles. The van der Waals surface area contributed by atoms with E-state index >= 15 is 0 Å². The molecule has 7 heteroatoms. The number of nitrogens with one attached hydrogen (secondary N) is 1. The highest BCUT2D eigenvalue weighted by Gasteiger charge is 2.40. The number of hydrogen-bond acceptors (Lipinski definition) is 3. The molecule has 0 radical (unpaired) electrons. The number of halogens is 3. The lowest BCUT2D eigenvalue weighted by Crippen LogP contribution is -2.35. The predicted molar refractivity (Wildman–Crippen MR) is 85.4 cm³/mol. The molecule has 4 nitrogen and oxygen atoms in total. The second kappa shape index (κ2) is 7.29. The minimum Gasteiger partial charge on any atom is -0.462 e. The Morgan fingerprint density at radius 3 is 2.56 bits per heavy atom. The van der Waals surface area contributed by atoms with Gasteiger partial charge in [-0.15, -0.1) is 0 Å². The SMILES string of the molecule is CC1=C(C(=O)OCC(C)C)[C@@H](c2ccccc2C(F)(F)F)CC(=O)N1. The molecule has 1 amide bonds. The number of allylic oxidation sites excluding steroid dienone is 1. The fourth-order valence-electron chi connectivity index (χ4n) is 2.82. The largest absolute Gasteiger partial charge is 0.462 e. The second-order valence-corrected chi connectivity index (χ2v) is 6.42. The van der Waals surface area contributed by atoms with E-state index in [0.717, 1.165) is 6.07 Å². The summed E-state index contributed by atoms with van der Waals surface area (Å²) >= 11 is 0. The number of carbonyl (C=O) groups is 2. The van der Waals surface area contributed by atoms with E-state index in [0.29, 0.717) is 0 Å². The summed E-state index contributed by atoms with van der Waals surface area (Å²) in [5.74, 6) is -2.04. The minimum absolute atomic E-state index is 0.0666. The molecule has 0 saturated carbocycles. The first-order valence-corrected chi connectivity index (χ1v) is 7.95. The lowest BCUT2D eigenvalue weighted by molar-refractivity contribution is -0.142. The molecule has 2 rings (SSSR count). The van der Waals surface area contributed by atoms with Crippen LogP contribution in [0.15, 0.2) is 35.5 Å². The molecular weight excluding hydrogens is 335 g/mol. The minimum atomic E-state index is -4.58. The summed E-state index contributed by atoms with van der Waals surface area (Å²) in [4.78, 5) is 24.3. The Bertz CT molecular complexity index is 708. The zero-order valence-corrected chi connectivity index (χ0v) is 14.2. The van der Waals surface area contributed by atoms with Crippen LogP contribution in [0.3, 0.4) is 0 Å². The van der Waals surface area contributed by atoms with Gasteiger partial charge >= 0.3 is 12.1 Å². The van der Waals surface area contributed by atoms with E-state index in [9.17, 15) is 22.8 Å². The van der Waals surface area contributed by atoms with Gasteiger partial charge < -0.3 is 10.1 Å². The second-order valence-electron chi connectivity index (χ2n) is 6.42. The summed E-state index contributed by atoms with van der Waals surface area (Å²) in [6.45, 7) is 5.35. The van der Waals surface area contributed by atoms with Crippen molar-refractivity contribution in [2.45, 2.75) is 39.3 Å². The molecular formula is C18H20F3NO3. The molecule has 1 aromatic carbocycles. The molecule has 25 heavy (non-hydrogen) atoms. The van der Waals surface area contributed by atoms with Gasteiger partial charge in [-0.25, -0.2) is 4.79 Å². The van der Waals surface area contributed by atoms with Crippen molar-refractivity contribution in [3.8, 4) is 0 Å². The van der Waals surface area contributed by atoms with Crippen LogP contribution in [0.4, 0.5) is 13.2 Å². The Morgan fingerprint density at radius 1 is 1.32 bits per heavy atom. The molecule has 0 aromatic heterocycles. The Hall–Kier alpha value is -2.31. The summed E-state index contributed by atoms with van der Waals surface area (Å²) in [6, 6.07) is 5.00. The number of ether oxygens (including phenoxy) is 1. The van der Waals surface area contributed by atoms with Crippen LogP contribution in [0.1, 0.15) is 44.2 Å². The summed E-state index contributed by atoms with van der Waals surface area (Å²) in [7, 11) is 0. The van der Waals surface area contributed by atoms with Gasteiger partial charge in [-0.2, -0.15) is 13.2 Å². The average Bonchev–Trinajstić information content (AvgIpc) is 2.51. The number of benzene rings is 1. The van der Waals surface area contributed by atoms with Crippen molar-refractivity contribution < 1.29 is 27.5 Å². The Balaban J connectivity index is 2.49. The van der Waals surface area contributed by atoms with Gasteiger partial charge in [0, 0.05) is 18.0 Å². The van der Waals surface area contributed by atoms with E-state index in [-0.39, 0.29) is 35.8 Å². The first-order chi connectivity index (χ1) is 11.6. The van der Waals surface area contributed by atoms with E-state index in [1.165, 1.54) is 25.1 Å². The van der Waals surface area contributed by atoms with E-state index in [2.05, 4.69) is 5.32 Å². The molecule has 0 bridgehead atoms. The average molecular weight is 355 g/mol. The van der Waals surface area contributed by atoms with Crippen molar-refractivity contribution in [2.24, 2.45) is 5.92 Å². The Morgan fingerprint density at radius 2 is 1.96 bits per heavy atom. The first-order valence-electron chi connectivity index (χ1n) is 7.95. The lowest BCUT2D eigenvalue weighted by Gasteiger charge is -2.28. The van der Waals surface area contributed by atoms with Gasteiger partial charge in [0.25, 0.3) is 0 Å². The van der Waals surface area contributed by atoms with Gasteiger partial charge in [0.15, 0.2) is 0 Å².